The fourth-order valence-electron chi connectivity index (χ4n) is 4.91. The molecule has 260 valence electrons. The predicted molar refractivity (Wildman–Crippen MR) is 180 cm³/mol. The number of hydrogen-bond acceptors (Lipinski definition) is 9. The molecule has 3 amide bonds. The molecule has 0 bridgehead atoms. The maximum atomic E-state index is 13.8. The van der Waals surface area contributed by atoms with Gasteiger partial charge in [-0.3, -0.25) is 24.0 Å². The molecule has 9 N–H and O–H groups in total. The largest absolute Gasteiger partial charge is 0.481 e. The van der Waals surface area contributed by atoms with Gasteiger partial charge in [0.05, 0.1) is 24.6 Å². The highest BCUT2D eigenvalue weighted by atomic mass is 32.1. The van der Waals surface area contributed by atoms with Gasteiger partial charge in [0.15, 0.2) is 0 Å². The van der Waals surface area contributed by atoms with E-state index in [1.807, 2.05) is 38.3 Å². The van der Waals surface area contributed by atoms with Gasteiger partial charge in [-0.15, -0.1) is 11.3 Å². The van der Waals surface area contributed by atoms with Crippen LogP contribution in [-0.4, -0.2) is 81.8 Å². The molecule has 0 unspecified atom stereocenters. The standard InChI is InChI=1S/C33H49N5O8S/c1-5-20(4)30(38-31(44)24(34)11-12-28(40)41)33(46)37-26(17-23-10-7-13-47-23)32(45)36-25(14-19(2)3)27(39)18-35-22-9-6-8-21(15-22)16-29(42)43/h6-10,13,15,19-20,24-27,30,35,39H,5,11-12,14,16-18,34H2,1-4H3,(H,36,45)(H,37,46)(H,38,44)(H,40,41)(H,42,43)/t20-,24-,25-,26-,27+,30-/m0/s1. The summed E-state index contributed by atoms with van der Waals surface area (Å²) in [7, 11) is 0. The van der Waals surface area contributed by atoms with Crippen molar-refractivity contribution in [1.82, 2.24) is 16.0 Å². The summed E-state index contributed by atoms with van der Waals surface area (Å²) in [6, 6.07) is 6.67. The van der Waals surface area contributed by atoms with Crippen molar-refractivity contribution in [3.63, 3.8) is 0 Å². The molecule has 1 aromatic heterocycles. The Bertz CT molecular complexity index is 1320. The lowest BCUT2D eigenvalue weighted by Crippen LogP contribution is -2.59. The Hall–Kier alpha value is -4.01. The molecule has 0 fully saturated rings. The van der Waals surface area contributed by atoms with E-state index in [1.165, 1.54) is 11.3 Å². The molecule has 0 spiro atoms. The number of anilines is 1. The molecule has 0 aliphatic heterocycles. The molecule has 0 radical (unpaired) electrons. The minimum absolute atomic E-state index is 0.0698. The van der Waals surface area contributed by atoms with E-state index in [9.17, 15) is 29.1 Å². The van der Waals surface area contributed by atoms with Crippen LogP contribution in [0.3, 0.4) is 0 Å². The van der Waals surface area contributed by atoms with Gasteiger partial charge in [-0.25, -0.2) is 0 Å². The Morgan fingerprint density at radius 3 is 2.23 bits per heavy atom. The molecule has 2 rings (SSSR count). The van der Waals surface area contributed by atoms with Crippen molar-refractivity contribution in [1.29, 1.82) is 0 Å². The number of aliphatic hydroxyl groups excluding tert-OH is 1. The van der Waals surface area contributed by atoms with Gasteiger partial charge >= 0.3 is 11.9 Å². The third-order valence-electron chi connectivity index (χ3n) is 7.73. The molecule has 0 saturated carbocycles. The third kappa shape index (κ3) is 14.1. The second kappa shape index (κ2) is 19.6. The molecule has 0 aliphatic carbocycles. The molecule has 1 aromatic carbocycles. The summed E-state index contributed by atoms with van der Waals surface area (Å²) in [6.07, 6.45) is -0.419. The molecule has 1 heterocycles. The summed E-state index contributed by atoms with van der Waals surface area (Å²) in [4.78, 5) is 63.1. The van der Waals surface area contributed by atoms with Crippen LogP contribution in [0.2, 0.25) is 0 Å². The first-order valence-electron chi connectivity index (χ1n) is 15.8. The Morgan fingerprint density at radius 1 is 0.915 bits per heavy atom. The van der Waals surface area contributed by atoms with E-state index >= 15 is 0 Å². The lowest BCUT2D eigenvalue weighted by Gasteiger charge is -2.30. The number of thiophene rings is 1. The van der Waals surface area contributed by atoms with E-state index < -0.39 is 59.9 Å². The van der Waals surface area contributed by atoms with Crippen molar-refractivity contribution >= 4 is 46.7 Å². The van der Waals surface area contributed by atoms with Crippen molar-refractivity contribution in [2.45, 2.75) is 96.5 Å². The molecule has 6 atom stereocenters. The fraction of sp³-hybridized carbons (Fsp3) is 0.545. The van der Waals surface area contributed by atoms with Gasteiger partial charge in [-0.05, 0) is 53.8 Å². The van der Waals surface area contributed by atoms with Gasteiger partial charge < -0.3 is 42.3 Å². The van der Waals surface area contributed by atoms with E-state index in [1.54, 1.807) is 31.2 Å². The topological polar surface area (TPSA) is 220 Å². The number of amides is 3. The van der Waals surface area contributed by atoms with Crippen LogP contribution >= 0.6 is 11.3 Å². The lowest BCUT2D eigenvalue weighted by atomic mass is 9.96. The number of benzene rings is 1. The maximum Gasteiger partial charge on any atom is 0.307 e. The van der Waals surface area contributed by atoms with Crippen LogP contribution in [-0.2, 0) is 36.8 Å². The zero-order valence-electron chi connectivity index (χ0n) is 27.4. The molecular formula is C33H49N5O8S. The molecule has 13 nitrogen and oxygen atoms in total. The van der Waals surface area contributed by atoms with Gasteiger partial charge in [-0.1, -0.05) is 52.3 Å². The van der Waals surface area contributed by atoms with Gasteiger partial charge in [-0.2, -0.15) is 0 Å². The van der Waals surface area contributed by atoms with Crippen LogP contribution in [0.1, 0.15) is 63.8 Å². The second-order valence-electron chi connectivity index (χ2n) is 12.2. The normalized spacial score (nSPS) is 15.0. The summed E-state index contributed by atoms with van der Waals surface area (Å²) in [5.74, 6) is -4.02. The Labute approximate surface area is 279 Å². The summed E-state index contributed by atoms with van der Waals surface area (Å²) >= 11 is 1.42. The summed E-state index contributed by atoms with van der Waals surface area (Å²) in [6.45, 7) is 7.62. The number of carbonyl (C=O) groups excluding carboxylic acids is 3. The minimum atomic E-state index is -1.12. The number of aliphatic carboxylic acids is 2. The van der Waals surface area contributed by atoms with Crippen LogP contribution < -0.4 is 27.0 Å². The highest BCUT2D eigenvalue weighted by molar-refractivity contribution is 7.09. The van der Waals surface area contributed by atoms with Gasteiger partial charge in [0, 0.05) is 30.0 Å². The molecule has 0 saturated heterocycles. The number of rotatable bonds is 21. The van der Waals surface area contributed by atoms with Gasteiger partial charge in [0.1, 0.15) is 12.1 Å². The lowest BCUT2D eigenvalue weighted by molar-refractivity contribution is -0.138. The zero-order valence-corrected chi connectivity index (χ0v) is 28.2. The van der Waals surface area contributed by atoms with E-state index in [0.29, 0.717) is 24.1 Å². The molecule has 2 aromatic rings. The van der Waals surface area contributed by atoms with Gasteiger partial charge in [0.25, 0.3) is 0 Å². The number of carboxylic acids is 2. The highest BCUT2D eigenvalue weighted by Crippen LogP contribution is 2.16. The zero-order chi connectivity index (χ0) is 35.1. The number of aliphatic hydroxyl groups is 1. The van der Waals surface area contributed by atoms with E-state index in [4.69, 9.17) is 15.9 Å². The summed E-state index contributed by atoms with van der Waals surface area (Å²) in [5, 5.41) is 42.6. The summed E-state index contributed by atoms with van der Waals surface area (Å²) < 4.78 is 0. The third-order valence-corrected chi connectivity index (χ3v) is 8.63. The van der Waals surface area contributed by atoms with Crippen LogP contribution in [0.4, 0.5) is 5.69 Å². The first-order chi connectivity index (χ1) is 22.2. The number of carbonyl (C=O) groups is 5. The Morgan fingerprint density at radius 2 is 1.64 bits per heavy atom. The van der Waals surface area contributed by atoms with Gasteiger partial charge in [0.2, 0.25) is 17.7 Å². The molecule has 0 aliphatic rings. The van der Waals surface area contributed by atoms with Crippen LogP contribution in [0.5, 0.6) is 0 Å². The number of nitrogens with two attached hydrogens (primary N) is 1. The maximum absolute atomic E-state index is 13.8. The van der Waals surface area contributed by atoms with Crippen molar-refractivity contribution < 1.29 is 39.3 Å². The van der Waals surface area contributed by atoms with Crippen molar-refractivity contribution in [2.75, 3.05) is 11.9 Å². The van der Waals surface area contributed by atoms with Crippen molar-refractivity contribution in [3.8, 4) is 0 Å². The Kier molecular flexibility index (Phi) is 16.3. The molecular weight excluding hydrogens is 626 g/mol. The van der Waals surface area contributed by atoms with E-state index in [2.05, 4.69) is 21.3 Å². The van der Waals surface area contributed by atoms with Crippen molar-refractivity contribution in [3.05, 3.63) is 52.2 Å². The fourth-order valence-corrected chi connectivity index (χ4v) is 5.66. The van der Waals surface area contributed by atoms with E-state index in [0.717, 1.165) is 4.88 Å². The Balaban J connectivity index is 2.21. The predicted octanol–water partition coefficient (Wildman–Crippen LogP) is 2.13. The smallest absolute Gasteiger partial charge is 0.307 e. The monoisotopic (exact) mass is 675 g/mol. The minimum Gasteiger partial charge on any atom is -0.481 e. The average molecular weight is 676 g/mol. The first kappa shape index (κ1) is 39.2. The highest BCUT2D eigenvalue weighted by Gasteiger charge is 2.33. The number of hydrogen-bond donors (Lipinski definition) is 8. The van der Waals surface area contributed by atoms with Crippen LogP contribution in [0.15, 0.2) is 41.8 Å². The number of carboxylic acid groups (broad SMARTS) is 2. The SMILES string of the molecule is CC[C@H](C)[C@H](NC(=O)[C@@H](N)CCC(=O)O)C(=O)N[C@@H](Cc1cccs1)C(=O)N[C@@H](CC(C)C)[C@H](O)CNc1cccc(CC(=O)O)c1. The van der Waals surface area contributed by atoms with Crippen LogP contribution in [0, 0.1) is 11.8 Å². The van der Waals surface area contributed by atoms with Crippen LogP contribution in [0.25, 0.3) is 0 Å². The second-order valence-corrected chi connectivity index (χ2v) is 13.3. The average Bonchev–Trinajstić information content (AvgIpc) is 3.52. The molecule has 47 heavy (non-hydrogen) atoms. The molecule has 14 heteroatoms. The summed E-state index contributed by atoms with van der Waals surface area (Å²) in [5.41, 5.74) is 7.11. The number of nitrogens with one attached hydrogen (secondary N) is 4. The first-order valence-corrected chi connectivity index (χ1v) is 16.7. The van der Waals surface area contributed by atoms with E-state index in [-0.39, 0.29) is 44.1 Å². The quantitative estimate of drug-likeness (QED) is 0.0963. The van der Waals surface area contributed by atoms with Crippen molar-refractivity contribution in [2.24, 2.45) is 17.6 Å².